The van der Waals surface area contributed by atoms with Crippen LogP contribution in [0.5, 0.6) is 11.5 Å². The number of aromatic hydroxyl groups is 2. The second-order valence-electron chi connectivity index (χ2n) is 4.22. The van der Waals surface area contributed by atoms with Crippen molar-refractivity contribution in [3.63, 3.8) is 0 Å². The molecule has 0 aliphatic carbocycles. The Morgan fingerprint density at radius 2 is 1.24 bits per heavy atom. The van der Waals surface area contributed by atoms with Gasteiger partial charge in [-0.25, -0.2) is 9.59 Å². The Hall–Kier alpha value is -3.02. The van der Waals surface area contributed by atoms with Gasteiger partial charge in [0.1, 0.15) is 11.5 Å². The summed E-state index contributed by atoms with van der Waals surface area (Å²) in [5.41, 5.74) is 0.618. The molecule has 0 saturated heterocycles. The van der Waals surface area contributed by atoms with Crippen LogP contribution in [0.1, 0.15) is 26.3 Å². The van der Waals surface area contributed by atoms with E-state index in [0.717, 1.165) is 6.07 Å². The van der Waals surface area contributed by atoms with Crippen LogP contribution < -0.4 is 0 Å². The Balaban J connectivity index is 0.000000235. The number of carbonyl (C=O) groups is 2. The quantitative estimate of drug-likeness (QED) is 0.675. The molecule has 6 heteroatoms. The lowest BCUT2D eigenvalue weighted by atomic mass is 10.1. The number of carboxylic acids is 2. The molecule has 0 bridgehead atoms. The van der Waals surface area contributed by atoms with Crippen molar-refractivity contribution in [3.8, 4) is 11.5 Å². The third-order valence-corrected chi connectivity index (χ3v) is 2.40. The third-order valence-electron chi connectivity index (χ3n) is 2.40. The summed E-state index contributed by atoms with van der Waals surface area (Å²) in [7, 11) is 0. The first-order valence-electron chi connectivity index (χ1n) is 5.86. The summed E-state index contributed by atoms with van der Waals surface area (Å²) in [5, 5.41) is 34.6. The van der Waals surface area contributed by atoms with Gasteiger partial charge < -0.3 is 20.4 Å². The van der Waals surface area contributed by atoms with Gasteiger partial charge in [0.15, 0.2) is 0 Å². The molecule has 0 aromatic heterocycles. The summed E-state index contributed by atoms with van der Waals surface area (Å²) in [4.78, 5) is 21.1. The maximum Gasteiger partial charge on any atom is 0.335 e. The topological polar surface area (TPSA) is 115 Å². The van der Waals surface area contributed by atoms with E-state index in [2.05, 4.69) is 0 Å². The van der Waals surface area contributed by atoms with Gasteiger partial charge >= 0.3 is 11.9 Å². The van der Waals surface area contributed by atoms with E-state index >= 15 is 0 Å². The van der Waals surface area contributed by atoms with E-state index < -0.39 is 11.9 Å². The molecule has 0 heterocycles. The van der Waals surface area contributed by atoms with Crippen LogP contribution in [0.25, 0.3) is 0 Å². The molecule has 2 aromatic carbocycles. The van der Waals surface area contributed by atoms with E-state index in [1.165, 1.54) is 30.3 Å². The maximum atomic E-state index is 10.5. The number of aromatic carboxylic acids is 2. The average Bonchev–Trinajstić information content (AvgIpc) is 2.38. The van der Waals surface area contributed by atoms with Crippen molar-refractivity contribution in [2.45, 2.75) is 6.92 Å². The van der Waals surface area contributed by atoms with E-state index in [0.29, 0.717) is 5.56 Å². The molecular weight excluding hydrogens is 276 g/mol. The van der Waals surface area contributed by atoms with Crippen molar-refractivity contribution in [2.75, 3.05) is 0 Å². The number of hydrogen-bond acceptors (Lipinski definition) is 4. The van der Waals surface area contributed by atoms with E-state index in [4.69, 9.17) is 20.4 Å². The smallest absolute Gasteiger partial charge is 0.335 e. The summed E-state index contributed by atoms with van der Waals surface area (Å²) in [6.07, 6.45) is 0. The van der Waals surface area contributed by atoms with Crippen LogP contribution in [0.3, 0.4) is 0 Å². The minimum atomic E-state index is -1.12. The van der Waals surface area contributed by atoms with Crippen molar-refractivity contribution < 1.29 is 30.0 Å². The molecule has 110 valence electrons. The molecule has 0 aliphatic heterocycles. The fourth-order valence-electron chi connectivity index (χ4n) is 1.52. The van der Waals surface area contributed by atoms with Gasteiger partial charge in [-0.05, 0) is 42.8 Å². The Kier molecular flexibility index (Phi) is 5.31. The Labute approximate surface area is 120 Å². The van der Waals surface area contributed by atoms with Crippen LogP contribution in [0.15, 0.2) is 42.5 Å². The fraction of sp³-hybridized carbons (Fsp3) is 0.0667. The zero-order valence-electron chi connectivity index (χ0n) is 11.1. The van der Waals surface area contributed by atoms with Gasteiger partial charge in [-0.15, -0.1) is 0 Å². The second-order valence-corrected chi connectivity index (χ2v) is 4.22. The van der Waals surface area contributed by atoms with Gasteiger partial charge in [0, 0.05) is 6.07 Å². The zero-order valence-corrected chi connectivity index (χ0v) is 11.1. The van der Waals surface area contributed by atoms with Gasteiger partial charge in [-0.2, -0.15) is 0 Å². The van der Waals surface area contributed by atoms with Gasteiger partial charge in [-0.1, -0.05) is 6.07 Å². The highest BCUT2D eigenvalue weighted by Gasteiger charge is 2.09. The van der Waals surface area contributed by atoms with Crippen molar-refractivity contribution in [3.05, 3.63) is 59.2 Å². The van der Waals surface area contributed by atoms with E-state index in [-0.39, 0.29) is 22.6 Å². The number of rotatable bonds is 2. The standard InChI is InChI=1S/C9H8O4.C6H6O2/c1-5-2-6(8(10)11)4-7(3-5)9(12)13;7-5-2-1-3-6(8)4-5/h2-4H,1H3,(H,10,11)(H,12,13);1-4,7-8H. The SMILES string of the molecule is Cc1cc(C(=O)O)cc(C(=O)O)c1.Oc1cccc(O)c1. The maximum absolute atomic E-state index is 10.5. The predicted octanol–water partition coefficient (Wildman–Crippen LogP) is 2.49. The zero-order chi connectivity index (χ0) is 16.0. The Morgan fingerprint density at radius 3 is 1.52 bits per heavy atom. The molecule has 2 rings (SSSR count). The summed E-state index contributed by atoms with van der Waals surface area (Å²) >= 11 is 0. The minimum Gasteiger partial charge on any atom is -0.508 e. The van der Waals surface area contributed by atoms with Crippen LogP contribution >= 0.6 is 0 Å². The van der Waals surface area contributed by atoms with Crippen LogP contribution in [0.2, 0.25) is 0 Å². The summed E-state index contributed by atoms with van der Waals surface area (Å²) in [6.45, 7) is 1.65. The summed E-state index contributed by atoms with van der Waals surface area (Å²) < 4.78 is 0. The molecule has 0 saturated carbocycles. The average molecular weight is 290 g/mol. The lowest BCUT2D eigenvalue weighted by Crippen LogP contribution is -2.02. The molecule has 0 aliphatic rings. The summed E-state index contributed by atoms with van der Waals surface area (Å²) in [6, 6.07) is 9.84. The van der Waals surface area contributed by atoms with Crippen molar-refractivity contribution >= 4 is 11.9 Å². The molecule has 0 spiro atoms. The van der Waals surface area contributed by atoms with Gasteiger partial charge in [0.05, 0.1) is 11.1 Å². The first kappa shape index (κ1) is 16.0. The van der Waals surface area contributed by atoms with Crippen LogP contribution in [0, 0.1) is 6.92 Å². The number of aryl methyl sites for hydroxylation is 1. The number of benzene rings is 2. The van der Waals surface area contributed by atoms with Crippen LogP contribution in [-0.4, -0.2) is 32.4 Å². The molecule has 0 atom stereocenters. The lowest BCUT2D eigenvalue weighted by Gasteiger charge is -1.99. The second kappa shape index (κ2) is 6.95. The van der Waals surface area contributed by atoms with E-state index in [9.17, 15) is 9.59 Å². The Morgan fingerprint density at radius 1 is 0.810 bits per heavy atom. The van der Waals surface area contributed by atoms with E-state index in [1.54, 1.807) is 13.0 Å². The lowest BCUT2D eigenvalue weighted by molar-refractivity contribution is 0.0696. The molecule has 2 aromatic rings. The molecule has 21 heavy (non-hydrogen) atoms. The number of carboxylic acid groups (broad SMARTS) is 2. The largest absolute Gasteiger partial charge is 0.508 e. The van der Waals surface area contributed by atoms with Gasteiger partial charge in [-0.3, -0.25) is 0 Å². The number of hydrogen-bond donors (Lipinski definition) is 4. The third kappa shape index (κ3) is 5.23. The highest BCUT2D eigenvalue weighted by Crippen LogP contribution is 2.14. The molecule has 0 amide bonds. The number of phenolic OH excluding ortho intramolecular Hbond substituents is 2. The van der Waals surface area contributed by atoms with Gasteiger partial charge in [0.25, 0.3) is 0 Å². The molecule has 0 fully saturated rings. The van der Waals surface area contributed by atoms with Crippen molar-refractivity contribution in [1.82, 2.24) is 0 Å². The molecule has 6 nitrogen and oxygen atoms in total. The van der Waals surface area contributed by atoms with E-state index in [1.807, 2.05) is 0 Å². The van der Waals surface area contributed by atoms with Gasteiger partial charge in [0.2, 0.25) is 0 Å². The molecular formula is C15H14O6. The van der Waals surface area contributed by atoms with Crippen LogP contribution in [-0.2, 0) is 0 Å². The highest BCUT2D eigenvalue weighted by atomic mass is 16.4. The van der Waals surface area contributed by atoms with Crippen molar-refractivity contribution in [2.24, 2.45) is 0 Å². The normalized spacial score (nSPS) is 9.38. The monoisotopic (exact) mass is 290 g/mol. The Bertz CT molecular complexity index is 613. The first-order valence-corrected chi connectivity index (χ1v) is 5.86. The van der Waals surface area contributed by atoms with Crippen LogP contribution in [0.4, 0.5) is 0 Å². The molecule has 4 N–H and O–H groups in total. The highest BCUT2D eigenvalue weighted by molar-refractivity contribution is 5.94. The van der Waals surface area contributed by atoms with Crippen molar-refractivity contribution in [1.29, 1.82) is 0 Å². The first-order chi connectivity index (χ1) is 9.79. The minimum absolute atomic E-state index is 0.00241. The molecule has 0 unspecified atom stereocenters. The summed E-state index contributed by atoms with van der Waals surface area (Å²) in [5.74, 6) is -2.06. The number of phenols is 2. The predicted molar refractivity (Wildman–Crippen MR) is 74.9 cm³/mol. The fourth-order valence-corrected chi connectivity index (χ4v) is 1.52. The molecule has 0 radical (unpaired) electrons.